The van der Waals surface area contributed by atoms with Crippen molar-refractivity contribution in [3.05, 3.63) is 27.7 Å². The third-order valence-electron chi connectivity index (χ3n) is 1.91. The van der Waals surface area contributed by atoms with Gasteiger partial charge in [-0.15, -0.1) is 11.3 Å². The van der Waals surface area contributed by atoms with Gasteiger partial charge in [0, 0.05) is 12.4 Å². The highest BCUT2D eigenvalue weighted by Gasteiger charge is 2.12. The number of carboxylic acid groups (broad SMARTS) is 1. The highest BCUT2D eigenvalue weighted by molar-refractivity contribution is 7.17. The minimum absolute atomic E-state index is 0.250. The van der Waals surface area contributed by atoms with Crippen LogP contribution in [0.2, 0.25) is 0 Å². The Morgan fingerprint density at radius 2 is 2.38 bits per heavy atom. The van der Waals surface area contributed by atoms with E-state index in [1.54, 1.807) is 5.51 Å². The zero-order valence-electron chi connectivity index (χ0n) is 8.45. The summed E-state index contributed by atoms with van der Waals surface area (Å²) in [5.74, 6) is -0.939. The van der Waals surface area contributed by atoms with Crippen LogP contribution in [-0.2, 0) is 6.54 Å². The van der Waals surface area contributed by atoms with Gasteiger partial charge in [-0.1, -0.05) is 11.3 Å². The third kappa shape index (κ3) is 2.37. The van der Waals surface area contributed by atoms with Crippen LogP contribution in [0.4, 0.5) is 5.13 Å². The van der Waals surface area contributed by atoms with Gasteiger partial charge in [0.05, 0.1) is 23.9 Å². The predicted octanol–water partition coefficient (Wildman–Crippen LogP) is 1.93. The summed E-state index contributed by atoms with van der Waals surface area (Å²) in [4.78, 5) is 21.0. The maximum atomic E-state index is 10.7. The van der Waals surface area contributed by atoms with Gasteiger partial charge in [-0.25, -0.2) is 14.8 Å². The maximum Gasteiger partial charge on any atom is 0.347 e. The van der Waals surface area contributed by atoms with Crippen molar-refractivity contribution in [3.63, 3.8) is 0 Å². The van der Waals surface area contributed by atoms with Crippen molar-refractivity contribution in [2.75, 3.05) is 11.9 Å². The van der Waals surface area contributed by atoms with Crippen molar-refractivity contribution in [2.45, 2.75) is 6.54 Å². The van der Waals surface area contributed by atoms with Crippen LogP contribution in [0, 0.1) is 0 Å². The number of aromatic nitrogens is 2. The van der Waals surface area contributed by atoms with Crippen molar-refractivity contribution in [3.8, 4) is 0 Å². The van der Waals surface area contributed by atoms with Crippen LogP contribution in [0.3, 0.4) is 0 Å². The molecule has 0 aliphatic rings. The molecule has 2 rings (SSSR count). The molecule has 0 unspecified atom stereocenters. The molecule has 16 heavy (non-hydrogen) atoms. The lowest BCUT2D eigenvalue weighted by Gasteiger charge is -2.13. The lowest BCUT2D eigenvalue weighted by atomic mass is 10.5. The summed E-state index contributed by atoms with van der Waals surface area (Å²) in [7, 11) is 1.86. The molecule has 1 N–H and O–H groups in total. The fraction of sp³-hybridized carbons (Fsp3) is 0.222. The summed E-state index contributed by atoms with van der Waals surface area (Å²) in [6.45, 7) is 0.635. The third-order valence-corrected chi connectivity index (χ3v) is 3.65. The van der Waals surface area contributed by atoms with E-state index in [9.17, 15) is 4.79 Å². The van der Waals surface area contributed by atoms with Gasteiger partial charge in [-0.05, 0) is 0 Å². The van der Waals surface area contributed by atoms with E-state index in [0.29, 0.717) is 11.7 Å². The lowest BCUT2D eigenvalue weighted by Crippen LogP contribution is -2.16. The second-order valence-electron chi connectivity index (χ2n) is 3.15. The number of nitrogens with zero attached hydrogens (tertiary/aromatic N) is 3. The molecule has 0 aromatic carbocycles. The molecule has 5 nitrogen and oxygen atoms in total. The number of carbonyl (C=O) groups is 1. The second kappa shape index (κ2) is 4.58. The first-order valence-electron chi connectivity index (χ1n) is 4.44. The summed E-state index contributed by atoms with van der Waals surface area (Å²) in [6.07, 6.45) is 1.37. The zero-order valence-corrected chi connectivity index (χ0v) is 10.1. The molecule has 0 amide bonds. The molecule has 0 atom stereocenters. The highest BCUT2D eigenvalue weighted by Crippen LogP contribution is 2.22. The van der Waals surface area contributed by atoms with Gasteiger partial charge in [0.1, 0.15) is 4.88 Å². The van der Waals surface area contributed by atoms with Gasteiger partial charge in [0.2, 0.25) is 0 Å². The minimum Gasteiger partial charge on any atom is -0.477 e. The van der Waals surface area contributed by atoms with Crippen LogP contribution in [0.5, 0.6) is 0 Å². The second-order valence-corrected chi connectivity index (χ2v) is 4.88. The van der Waals surface area contributed by atoms with Gasteiger partial charge < -0.3 is 10.0 Å². The number of hydrogen-bond donors (Lipinski definition) is 1. The van der Waals surface area contributed by atoms with Crippen LogP contribution in [0.15, 0.2) is 17.1 Å². The Morgan fingerprint density at radius 1 is 1.56 bits per heavy atom. The number of carboxylic acids is 1. The van der Waals surface area contributed by atoms with E-state index in [1.165, 1.54) is 17.5 Å². The molecule has 7 heteroatoms. The van der Waals surface area contributed by atoms with Crippen molar-refractivity contribution < 1.29 is 9.90 Å². The molecule has 0 bridgehead atoms. The van der Waals surface area contributed by atoms with Crippen LogP contribution >= 0.6 is 22.7 Å². The quantitative estimate of drug-likeness (QED) is 0.904. The number of thiazole rings is 2. The smallest absolute Gasteiger partial charge is 0.347 e. The Kier molecular flexibility index (Phi) is 3.16. The minimum atomic E-state index is -0.939. The molecule has 84 valence electrons. The summed E-state index contributed by atoms with van der Waals surface area (Å²) in [6, 6.07) is 0. The van der Waals surface area contributed by atoms with Gasteiger partial charge in [-0.3, -0.25) is 0 Å². The average molecular weight is 255 g/mol. The monoisotopic (exact) mass is 255 g/mol. The van der Waals surface area contributed by atoms with E-state index < -0.39 is 5.97 Å². The molecule has 0 spiro atoms. The molecule has 2 aromatic rings. The van der Waals surface area contributed by atoms with E-state index in [2.05, 4.69) is 9.97 Å². The predicted molar refractivity (Wildman–Crippen MR) is 63.3 cm³/mol. The molecule has 2 aromatic heterocycles. The van der Waals surface area contributed by atoms with E-state index >= 15 is 0 Å². The molecule has 0 saturated carbocycles. The summed E-state index contributed by atoms with van der Waals surface area (Å²) in [5, 5.41) is 11.4. The van der Waals surface area contributed by atoms with Crippen molar-refractivity contribution in [1.29, 1.82) is 0 Å². The first-order valence-corrected chi connectivity index (χ1v) is 6.20. The lowest BCUT2D eigenvalue weighted by molar-refractivity contribution is 0.0702. The Morgan fingerprint density at radius 3 is 2.94 bits per heavy atom. The standard InChI is InChI=1S/C9H9N3O2S2/c1-12(3-6-4-15-5-11-6)9-10-2-7(16-9)8(13)14/h2,4-5H,3H2,1H3,(H,13,14). The van der Waals surface area contributed by atoms with Gasteiger partial charge >= 0.3 is 5.97 Å². The van der Waals surface area contributed by atoms with Gasteiger partial charge in [0.25, 0.3) is 0 Å². The Hall–Kier alpha value is -1.47. The normalized spacial score (nSPS) is 10.3. The molecule has 2 heterocycles. The Labute approximate surface area is 100 Å². The Bertz CT molecular complexity index is 481. The first-order chi connectivity index (χ1) is 7.66. The molecule has 0 aliphatic carbocycles. The van der Waals surface area contributed by atoms with E-state index in [-0.39, 0.29) is 4.88 Å². The van der Waals surface area contributed by atoms with Gasteiger partial charge in [-0.2, -0.15) is 0 Å². The number of aromatic carboxylic acids is 1. The van der Waals surface area contributed by atoms with E-state index in [0.717, 1.165) is 17.0 Å². The zero-order chi connectivity index (χ0) is 11.5. The van der Waals surface area contributed by atoms with E-state index in [1.807, 2.05) is 17.3 Å². The maximum absolute atomic E-state index is 10.7. The first kappa shape index (κ1) is 11.0. The van der Waals surface area contributed by atoms with Crippen LogP contribution in [-0.4, -0.2) is 28.1 Å². The number of rotatable bonds is 4. The van der Waals surface area contributed by atoms with Crippen molar-refractivity contribution in [2.24, 2.45) is 0 Å². The molecular formula is C9H9N3O2S2. The van der Waals surface area contributed by atoms with E-state index in [4.69, 9.17) is 5.11 Å². The largest absolute Gasteiger partial charge is 0.477 e. The van der Waals surface area contributed by atoms with Gasteiger partial charge in [0.15, 0.2) is 5.13 Å². The van der Waals surface area contributed by atoms with Crippen molar-refractivity contribution >= 4 is 33.8 Å². The summed E-state index contributed by atoms with van der Waals surface area (Å²) >= 11 is 2.70. The fourth-order valence-corrected chi connectivity index (χ4v) is 2.43. The number of anilines is 1. The Balaban J connectivity index is 2.08. The van der Waals surface area contributed by atoms with Crippen LogP contribution in [0.25, 0.3) is 0 Å². The SMILES string of the molecule is CN(Cc1cscn1)c1ncc(C(=O)O)s1. The van der Waals surface area contributed by atoms with Crippen LogP contribution in [0.1, 0.15) is 15.4 Å². The number of hydrogen-bond acceptors (Lipinski definition) is 6. The highest BCUT2D eigenvalue weighted by atomic mass is 32.1. The molecule has 0 saturated heterocycles. The summed E-state index contributed by atoms with van der Waals surface area (Å²) in [5.41, 5.74) is 2.73. The van der Waals surface area contributed by atoms with Crippen LogP contribution < -0.4 is 4.90 Å². The molecule has 0 radical (unpaired) electrons. The summed E-state index contributed by atoms with van der Waals surface area (Å²) < 4.78 is 0. The average Bonchev–Trinajstić information content (AvgIpc) is 2.86. The molecule has 0 fully saturated rings. The fourth-order valence-electron chi connectivity index (χ4n) is 1.17. The molecule has 0 aliphatic heterocycles. The van der Waals surface area contributed by atoms with Crippen molar-refractivity contribution in [1.82, 2.24) is 9.97 Å². The topological polar surface area (TPSA) is 66.3 Å². The molecular weight excluding hydrogens is 246 g/mol.